The molecule has 1 aromatic carbocycles. The van der Waals surface area contributed by atoms with Crippen molar-refractivity contribution < 1.29 is 5.11 Å². The molecule has 0 radical (unpaired) electrons. The molecule has 156 valence electrons. The van der Waals surface area contributed by atoms with Gasteiger partial charge in [0.15, 0.2) is 5.96 Å². The number of nitrogens with one attached hydrogen (secondary N) is 2. The zero-order chi connectivity index (χ0) is 19.1. The summed E-state index contributed by atoms with van der Waals surface area (Å²) in [4.78, 5) is 9.47. The van der Waals surface area contributed by atoms with E-state index in [0.29, 0.717) is 6.54 Å². The first kappa shape index (κ1) is 22.9. The van der Waals surface area contributed by atoms with Gasteiger partial charge in [-0.2, -0.15) is 0 Å². The van der Waals surface area contributed by atoms with Crippen LogP contribution in [0.4, 0.5) is 0 Å². The van der Waals surface area contributed by atoms with Gasteiger partial charge in [-0.1, -0.05) is 31.4 Å². The van der Waals surface area contributed by atoms with E-state index in [1.165, 1.54) is 32.1 Å². The van der Waals surface area contributed by atoms with Crippen molar-refractivity contribution in [2.24, 2.45) is 17.5 Å². The maximum atomic E-state index is 9.52. The van der Waals surface area contributed by atoms with E-state index in [-0.39, 0.29) is 36.0 Å². The van der Waals surface area contributed by atoms with Crippen LogP contribution in [0.1, 0.15) is 51.3 Å². The summed E-state index contributed by atoms with van der Waals surface area (Å²) >= 11 is 0. The Bertz CT molecular complexity index is 762. The third-order valence-electron chi connectivity index (χ3n) is 5.79. The summed E-state index contributed by atoms with van der Waals surface area (Å²) in [5.74, 6) is 1.78. The fraction of sp³-hybridized carbons (Fsp3) is 0.619. The van der Waals surface area contributed by atoms with Crippen LogP contribution in [0.5, 0.6) is 0 Å². The van der Waals surface area contributed by atoms with E-state index in [2.05, 4.69) is 28.2 Å². The molecule has 3 N–H and O–H groups in total. The summed E-state index contributed by atoms with van der Waals surface area (Å²) in [6.07, 6.45) is 7.07. The lowest BCUT2D eigenvalue weighted by molar-refractivity contribution is 0.131. The molecule has 2 aromatic rings. The van der Waals surface area contributed by atoms with Gasteiger partial charge in [-0.25, -0.2) is 9.98 Å². The third kappa shape index (κ3) is 5.59. The van der Waals surface area contributed by atoms with Gasteiger partial charge in [0.25, 0.3) is 0 Å². The van der Waals surface area contributed by atoms with Crippen LogP contribution in [-0.2, 0) is 13.6 Å². The maximum absolute atomic E-state index is 9.52. The van der Waals surface area contributed by atoms with Crippen LogP contribution in [0, 0.1) is 5.41 Å². The average molecular weight is 499 g/mol. The van der Waals surface area contributed by atoms with Gasteiger partial charge in [0.1, 0.15) is 12.4 Å². The number of aryl methyl sites for hydroxylation is 1. The molecular weight excluding hydrogens is 465 g/mol. The molecule has 0 spiro atoms. The Morgan fingerprint density at radius 3 is 2.64 bits per heavy atom. The van der Waals surface area contributed by atoms with Crippen molar-refractivity contribution in [1.82, 2.24) is 20.2 Å². The van der Waals surface area contributed by atoms with Crippen LogP contribution < -0.4 is 10.6 Å². The van der Waals surface area contributed by atoms with E-state index < -0.39 is 0 Å². The van der Waals surface area contributed by atoms with Crippen molar-refractivity contribution in [3.05, 3.63) is 30.1 Å². The molecule has 0 bridgehead atoms. The number of para-hydroxylation sites is 2. The Kier molecular flexibility index (Phi) is 9.01. The Morgan fingerprint density at radius 2 is 1.96 bits per heavy atom. The smallest absolute Gasteiger partial charge is 0.191 e. The minimum absolute atomic E-state index is 0. The van der Waals surface area contributed by atoms with Crippen molar-refractivity contribution >= 4 is 41.0 Å². The Balaban J connectivity index is 0.00000280. The number of aliphatic hydroxyl groups is 1. The third-order valence-corrected chi connectivity index (χ3v) is 5.79. The van der Waals surface area contributed by atoms with Crippen molar-refractivity contribution in [1.29, 1.82) is 0 Å². The van der Waals surface area contributed by atoms with Gasteiger partial charge in [0, 0.05) is 26.7 Å². The highest BCUT2D eigenvalue weighted by Gasteiger charge is 2.31. The van der Waals surface area contributed by atoms with Crippen LogP contribution in [0.3, 0.4) is 0 Å². The van der Waals surface area contributed by atoms with Gasteiger partial charge >= 0.3 is 0 Å². The van der Waals surface area contributed by atoms with E-state index in [1.807, 2.05) is 25.2 Å². The van der Waals surface area contributed by atoms with E-state index in [9.17, 15) is 5.11 Å². The molecule has 1 aliphatic rings. The molecule has 0 amide bonds. The quantitative estimate of drug-likeness (QED) is 0.310. The number of nitrogens with zero attached hydrogens (tertiary/aromatic N) is 3. The fourth-order valence-electron chi connectivity index (χ4n) is 4.15. The molecule has 0 aliphatic heterocycles. The van der Waals surface area contributed by atoms with Crippen LogP contribution >= 0.6 is 24.0 Å². The number of fused-ring (bicyclic) bond motifs is 1. The molecule has 3 rings (SSSR count). The molecule has 0 unspecified atom stereocenters. The van der Waals surface area contributed by atoms with Gasteiger partial charge in [-0.05, 0) is 43.7 Å². The number of aliphatic imine (C=N–C) groups is 1. The van der Waals surface area contributed by atoms with E-state index in [4.69, 9.17) is 9.98 Å². The maximum Gasteiger partial charge on any atom is 0.191 e. The van der Waals surface area contributed by atoms with E-state index >= 15 is 0 Å². The molecule has 1 aliphatic carbocycles. The van der Waals surface area contributed by atoms with Crippen molar-refractivity contribution in [3.8, 4) is 0 Å². The predicted octanol–water partition coefficient (Wildman–Crippen LogP) is 3.58. The van der Waals surface area contributed by atoms with Crippen molar-refractivity contribution in [3.63, 3.8) is 0 Å². The van der Waals surface area contributed by atoms with E-state index in [1.54, 1.807) is 0 Å². The molecule has 6 nitrogen and oxygen atoms in total. The minimum atomic E-state index is 0. The number of halogens is 1. The monoisotopic (exact) mass is 499 g/mol. The summed E-state index contributed by atoms with van der Waals surface area (Å²) in [7, 11) is 2.04. The second-order valence-corrected chi connectivity index (χ2v) is 7.66. The Morgan fingerprint density at radius 1 is 1.21 bits per heavy atom. The first-order chi connectivity index (χ1) is 13.2. The zero-order valence-electron chi connectivity index (χ0n) is 17.1. The highest BCUT2D eigenvalue weighted by atomic mass is 127. The highest BCUT2D eigenvalue weighted by Crippen LogP contribution is 2.38. The normalized spacial score (nSPS) is 16.6. The molecule has 1 heterocycles. The lowest BCUT2D eigenvalue weighted by Gasteiger charge is -2.37. The van der Waals surface area contributed by atoms with E-state index in [0.717, 1.165) is 42.3 Å². The number of hydrogen-bond donors (Lipinski definition) is 3. The highest BCUT2D eigenvalue weighted by molar-refractivity contribution is 14.0. The standard InChI is InChI=1S/C21H33N5O.HI/c1-3-22-20(24-16-21(13-14-27)11-7-4-8-12-21)23-15-19-25-17-9-5-6-10-18(17)26(19)2;/h5-6,9-10,27H,3-4,7-8,11-16H2,1-2H3,(H2,22,23,24);1H. The first-order valence-corrected chi connectivity index (χ1v) is 10.2. The lowest BCUT2D eigenvalue weighted by Crippen LogP contribution is -2.45. The second kappa shape index (κ2) is 11.0. The van der Waals surface area contributed by atoms with Gasteiger partial charge in [0.05, 0.1) is 11.0 Å². The zero-order valence-corrected chi connectivity index (χ0v) is 19.4. The number of aromatic nitrogens is 2. The molecule has 7 heteroatoms. The van der Waals surface area contributed by atoms with Gasteiger partial charge in [0.2, 0.25) is 0 Å². The molecular formula is C21H34IN5O. The number of benzene rings is 1. The average Bonchev–Trinajstić information content (AvgIpc) is 3.01. The largest absolute Gasteiger partial charge is 0.396 e. The molecule has 1 saturated carbocycles. The predicted molar refractivity (Wildman–Crippen MR) is 126 cm³/mol. The molecule has 0 atom stereocenters. The number of guanidine groups is 1. The number of aliphatic hydroxyl groups excluding tert-OH is 1. The Labute approximate surface area is 185 Å². The summed E-state index contributed by atoms with van der Waals surface area (Å²) < 4.78 is 2.11. The van der Waals surface area contributed by atoms with Crippen molar-refractivity contribution in [2.75, 3.05) is 19.7 Å². The minimum Gasteiger partial charge on any atom is -0.396 e. The number of rotatable bonds is 7. The second-order valence-electron chi connectivity index (χ2n) is 7.66. The summed E-state index contributed by atoms with van der Waals surface area (Å²) in [6.45, 7) is 4.56. The number of imidazole rings is 1. The fourth-order valence-corrected chi connectivity index (χ4v) is 4.15. The molecule has 1 aromatic heterocycles. The summed E-state index contributed by atoms with van der Waals surface area (Å²) in [5, 5.41) is 16.4. The summed E-state index contributed by atoms with van der Waals surface area (Å²) in [6, 6.07) is 8.17. The number of hydrogen-bond acceptors (Lipinski definition) is 3. The Hall–Kier alpha value is -1.35. The molecule has 28 heavy (non-hydrogen) atoms. The lowest BCUT2D eigenvalue weighted by atomic mass is 9.72. The van der Waals surface area contributed by atoms with Crippen molar-refractivity contribution in [2.45, 2.75) is 52.0 Å². The summed E-state index contributed by atoms with van der Waals surface area (Å²) in [5.41, 5.74) is 2.33. The first-order valence-electron chi connectivity index (χ1n) is 10.2. The van der Waals surface area contributed by atoms with Crippen LogP contribution in [0.2, 0.25) is 0 Å². The molecule has 1 fully saturated rings. The van der Waals surface area contributed by atoms with Gasteiger partial charge < -0.3 is 20.3 Å². The topological polar surface area (TPSA) is 74.5 Å². The van der Waals surface area contributed by atoms with Gasteiger partial charge in [-0.3, -0.25) is 0 Å². The molecule has 0 saturated heterocycles. The van der Waals surface area contributed by atoms with Crippen LogP contribution in [0.25, 0.3) is 11.0 Å². The van der Waals surface area contributed by atoms with Crippen LogP contribution in [0.15, 0.2) is 29.3 Å². The van der Waals surface area contributed by atoms with Crippen LogP contribution in [-0.4, -0.2) is 40.3 Å². The SMILES string of the molecule is CCNC(=NCc1nc2ccccc2n1C)NCC1(CCO)CCCCC1.I. The van der Waals surface area contributed by atoms with Gasteiger partial charge in [-0.15, -0.1) is 24.0 Å².